The molecule has 2 aromatic rings. The fourth-order valence-electron chi connectivity index (χ4n) is 2.38. The highest BCUT2D eigenvalue weighted by Gasteiger charge is 2.17. The molecule has 3 heterocycles. The molecular weight excluding hydrogens is 268 g/mol. The third-order valence-corrected chi connectivity index (χ3v) is 3.61. The number of anilines is 2. The number of pyridine rings is 1. The van der Waals surface area contributed by atoms with Gasteiger partial charge in [0.15, 0.2) is 0 Å². The first-order valence-electron chi connectivity index (χ1n) is 6.89. The topological polar surface area (TPSA) is 80.3 Å². The van der Waals surface area contributed by atoms with Crippen LogP contribution in [0.3, 0.4) is 0 Å². The van der Waals surface area contributed by atoms with Crippen LogP contribution >= 0.6 is 0 Å². The fraction of sp³-hybridized carbons (Fsp3) is 0.357. The van der Waals surface area contributed by atoms with Gasteiger partial charge in [-0.05, 0) is 13.1 Å². The van der Waals surface area contributed by atoms with E-state index in [1.54, 1.807) is 18.3 Å². The Balaban J connectivity index is 1.97. The van der Waals surface area contributed by atoms with E-state index >= 15 is 0 Å². The summed E-state index contributed by atoms with van der Waals surface area (Å²) in [4.78, 5) is 24.8. The van der Waals surface area contributed by atoms with Crippen molar-refractivity contribution in [1.82, 2.24) is 19.4 Å². The summed E-state index contributed by atoms with van der Waals surface area (Å²) < 4.78 is 1.47. The Hall–Kier alpha value is -2.41. The molecule has 7 nitrogen and oxygen atoms in total. The van der Waals surface area contributed by atoms with E-state index in [2.05, 4.69) is 26.8 Å². The second-order valence-electron chi connectivity index (χ2n) is 5.14. The molecular formula is C14H18N6O. The van der Waals surface area contributed by atoms with Crippen molar-refractivity contribution in [1.29, 1.82) is 0 Å². The third-order valence-electron chi connectivity index (χ3n) is 3.61. The number of aromatic nitrogens is 3. The van der Waals surface area contributed by atoms with Gasteiger partial charge in [-0.15, -0.1) is 0 Å². The molecule has 21 heavy (non-hydrogen) atoms. The number of hydrogen-bond donors (Lipinski definition) is 1. The maximum absolute atomic E-state index is 11.9. The molecule has 2 aromatic heterocycles. The molecule has 1 fully saturated rings. The molecule has 0 aliphatic carbocycles. The van der Waals surface area contributed by atoms with Crippen LogP contribution in [0.4, 0.5) is 11.8 Å². The van der Waals surface area contributed by atoms with Crippen LogP contribution in [0.1, 0.15) is 0 Å². The standard InChI is InChI=1S/C14H18N6O/c1-18-6-8-19(9-7-18)11-10-12(17-14(15)16-11)20-5-3-2-4-13(20)21/h2-5,10H,6-9H2,1H3,(H2,15,16,17). The molecule has 2 N–H and O–H groups in total. The summed E-state index contributed by atoms with van der Waals surface area (Å²) in [5.74, 6) is 1.44. The van der Waals surface area contributed by atoms with Gasteiger partial charge in [0.05, 0.1) is 0 Å². The SMILES string of the molecule is CN1CCN(c2cc(-n3ccccc3=O)nc(N)n2)CC1. The summed E-state index contributed by atoms with van der Waals surface area (Å²) in [6.07, 6.45) is 1.68. The van der Waals surface area contributed by atoms with Crippen LogP contribution in [0.15, 0.2) is 35.3 Å². The highest BCUT2D eigenvalue weighted by atomic mass is 16.1. The molecule has 1 aliphatic rings. The minimum absolute atomic E-state index is 0.139. The molecule has 1 aliphatic heterocycles. The summed E-state index contributed by atoms with van der Waals surface area (Å²) >= 11 is 0. The number of nitrogen functional groups attached to an aromatic ring is 1. The average Bonchev–Trinajstić information content (AvgIpc) is 2.48. The second-order valence-corrected chi connectivity index (χ2v) is 5.14. The second kappa shape index (κ2) is 5.53. The quantitative estimate of drug-likeness (QED) is 0.834. The van der Waals surface area contributed by atoms with E-state index in [-0.39, 0.29) is 11.5 Å². The molecule has 0 unspecified atom stereocenters. The van der Waals surface area contributed by atoms with E-state index in [1.807, 2.05) is 6.07 Å². The minimum atomic E-state index is -0.139. The summed E-state index contributed by atoms with van der Waals surface area (Å²) in [6.45, 7) is 3.72. The van der Waals surface area contributed by atoms with Crippen LogP contribution in [0, 0.1) is 0 Å². The highest BCUT2D eigenvalue weighted by Crippen LogP contribution is 2.17. The first-order valence-corrected chi connectivity index (χ1v) is 6.89. The molecule has 110 valence electrons. The summed E-state index contributed by atoms with van der Waals surface area (Å²) in [6, 6.07) is 6.79. The Morgan fingerprint density at radius 1 is 1.10 bits per heavy atom. The Morgan fingerprint density at radius 3 is 2.52 bits per heavy atom. The lowest BCUT2D eigenvalue weighted by Crippen LogP contribution is -2.45. The van der Waals surface area contributed by atoms with Gasteiger partial charge in [0.25, 0.3) is 5.56 Å². The Bertz CT molecular complexity index is 690. The van der Waals surface area contributed by atoms with Crippen molar-refractivity contribution < 1.29 is 0 Å². The zero-order chi connectivity index (χ0) is 14.8. The Morgan fingerprint density at radius 2 is 1.81 bits per heavy atom. The fourth-order valence-corrected chi connectivity index (χ4v) is 2.38. The van der Waals surface area contributed by atoms with Crippen LogP contribution in [0.2, 0.25) is 0 Å². The van der Waals surface area contributed by atoms with Crippen LogP contribution in [-0.4, -0.2) is 52.7 Å². The lowest BCUT2D eigenvalue weighted by molar-refractivity contribution is 0.312. The van der Waals surface area contributed by atoms with Crippen molar-refractivity contribution in [3.8, 4) is 5.82 Å². The van der Waals surface area contributed by atoms with Crippen molar-refractivity contribution >= 4 is 11.8 Å². The maximum atomic E-state index is 11.9. The van der Waals surface area contributed by atoms with E-state index in [1.165, 1.54) is 10.6 Å². The molecule has 3 rings (SSSR count). The van der Waals surface area contributed by atoms with Crippen LogP contribution < -0.4 is 16.2 Å². The molecule has 0 spiro atoms. The number of nitrogens with zero attached hydrogens (tertiary/aromatic N) is 5. The van der Waals surface area contributed by atoms with Gasteiger partial charge in [-0.2, -0.15) is 9.97 Å². The van der Waals surface area contributed by atoms with Gasteiger partial charge in [0.2, 0.25) is 5.95 Å². The van der Waals surface area contributed by atoms with E-state index in [4.69, 9.17) is 5.73 Å². The number of likely N-dealkylation sites (N-methyl/N-ethyl adjacent to an activating group) is 1. The van der Waals surface area contributed by atoms with E-state index in [9.17, 15) is 4.79 Å². The normalized spacial score (nSPS) is 16.1. The summed E-state index contributed by atoms with van der Waals surface area (Å²) in [5, 5.41) is 0. The van der Waals surface area contributed by atoms with Crippen LogP contribution in [0.5, 0.6) is 0 Å². The average molecular weight is 286 g/mol. The molecule has 0 aromatic carbocycles. The van der Waals surface area contributed by atoms with Crippen LogP contribution in [-0.2, 0) is 0 Å². The van der Waals surface area contributed by atoms with E-state index in [0.29, 0.717) is 5.82 Å². The van der Waals surface area contributed by atoms with Gasteiger partial charge in [-0.25, -0.2) is 0 Å². The van der Waals surface area contributed by atoms with Gasteiger partial charge >= 0.3 is 0 Å². The molecule has 0 amide bonds. The predicted octanol–water partition coefficient (Wildman–Crippen LogP) is -0.0385. The first kappa shape index (κ1) is 13.6. The van der Waals surface area contributed by atoms with Crippen molar-refractivity contribution in [3.63, 3.8) is 0 Å². The molecule has 0 saturated carbocycles. The smallest absolute Gasteiger partial charge is 0.256 e. The van der Waals surface area contributed by atoms with Crippen LogP contribution in [0.25, 0.3) is 5.82 Å². The van der Waals surface area contributed by atoms with Gasteiger partial charge in [-0.3, -0.25) is 9.36 Å². The van der Waals surface area contributed by atoms with Crippen molar-refractivity contribution in [2.75, 3.05) is 43.9 Å². The first-order chi connectivity index (χ1) is 10.1. The summed E-state index contributed by atoms with van der Waals surface area (Å²) in [7, 11) is 2.10. The van der Waals surface area contributed by atoms with Gasteiger partial charge in [0.1, 0.15) is 11.6 Å². The van der Waals surface area contributed by atoms with E-state index < -0.39 is 0 Å². The van der Waals surface area contributed by atoms with Crippen molar-refractivity contribution in [3.05, 3.63) is 40.8 Å². The van der Waals surface area contributed by atoms with Gasteiger partial charge in [-0.1, -0.05) is 6.07 Å². The zero-order valence-corrected chi connectivity index (χ0v) is 11.9. The molecule has 1 saturated heterocycles. The third kappa shape index (κ3) is 2.87. The summed E-state index contributed by atoms with van der Waals surface area (Å²) in [5.41, 5.74) is 5.67. The van der Waals surface area contributed by atoms with Crippen molar-refractivity contribution in [2.45, 2.75) is 0 Å². The van der Waals surface area contributed by atoms with E-state index in [0.717, 1.165) is 32.0 Å². The zero-order valence-electron chi connectivity index (χ0n) is 11.9. The van der Waals surface area contributed by atoms with Gasteiger partial charge in [0, 0.05) is 44.5 Å². The molecule has 0 radical (unpaired) electrons. The Kier molecular flexibility index (Phi) is 3.57. The van der Waals surface area contributed by atoms with Gasteiger partial charge < -0.3 is 15.5 Å². The number of piperazine rings is 1. The minimum Gasteiger partial charge on any atom is -0.368 e. The maximum Gasteiger partial charge on any atom is 0.256 e. The predicted molar refractivity (Wildman–Crippen MR) is 81.8 cm³/mol. The van der Waals surface area contributed by atoms with Crippen molar-refractivity contribution in [2.24, 2.45) is 0 Å². The monoisotopic (exact) mass is 286 g/mol. The number of rotatable bonds is 2. The molecule has 0 bridgehead atoms. The number of hydrogen-bond acceptors (Lipinski definition) is 6. The largest absolute Gasteiger partial charge is 0.368 e. The lowest BCUT2D eigenvalue weighted by Gasteiger charge is -2.33. The Labute approximate surface area is 122 Å². The highest BCUT2D eigenvalue weighted by molar-refractivity contribution is 5.48. The lowest BCUT2D eigenvalue weighted by atomic mass is 10.3. The molecule has 0 atom stereocenters. The number of nitrogens with two attached hydrogens (primary N) is 1. The molecule has 7 heteroatoms.